The zero-order valence-corrected chi connectivity index (χ0v) is 11.7. The number of nitrogen functional groups attached to an aromatic ring is 1. The van der Waals surface area contributed by atoms with Gasteiger partial charge in [0.2, 0.25) is 11.9 Å². The molecule has 0 aliphatic carbocycles. The van der Waals surface area contributed by atoms with Crippen LogP contribution in [-0.4, -0.2) is 29.0 Å². The standard InChI is InChI=1S/C12H13ClFN5O/c1-19(2)12-17-10(16-11(15)18-12)6-20-9-4-3-7(14)5-8(9)13/h3-5H,6H2,1-2H3,(H2,15,16,17,18). The van der Waals surface area contributed by atoms with Gasteiger partial charge in [0.25, 0.3) is 0 Å². The summed E-state index contributed by atoms with van der Waals surface area (Å²) in [4.78, 5) is 13.8. The van der Waals surface area contributed by atoms with Crippen LogP contribution in [0.4, 0.5) is 16.3 Å². The van der Waals surface area contributed by atoms with E-state index in [2.05, 4.69) is 15.0 Å². The maximum atomic E-state index is 12.9. The van der Waals surface area contributed by atoms with E-state index in [1.54, 1.807) is 19.0 Å². The average Bonchev–Trinajstić information content (AvgIpc) is 2.37. The quantitative estimate of drug-likeness (QED) is 0.928. The molecule has 0 amide bonds. The Bertz CT molecular complexity index is 623. The monoisotopic (exact) mass is 297 g/mol. The second-order valence-corrected chi connectivity index (χ2v) is 4.57. The molecule has 0 atom stereocenters. The van der Waals surface area contributed by atoms with Gasteiger partial charge in [0.05, 0.1) is 5.02 Å². The third-order valence-electron chi connectivity index (χ3n) is 2.34. The molecule has 0 saturated carbocycles. The van der Waals surface area contributed by atoms with Crippen LogP contribution in [0.15, 0.2) is 18.2 Å². The van der Waals surface area contributed by atoms with E-state index in [0.717, 1.165) is 0 Å². The lowest BCUT2D eigenvalue weighted by Gasteiger charge is -2.12. The first-order valence-corrected chi connectivity index (χ1v) is 6.09. The fraction of sp³-hybridized carbons (Fsp3) is 0.250. The minimum absolute atomic E-state index is 0.0545. The molecule has 0 bridgehead atoms. The molecule has 0 saturated heterocycles. The van der Waals surface area contributed by atoms with Crippen molar-refractivity contribution in [3.8, 4) is 5.75 Å². The molecule has 0 aliphatic rings. The van der Waals surface area contributed by atoms with Crippen molar-refractivity contribution in [3.63, 3.8) is 0 Å². The van der Waals surface area contributed by atoms with Crippen molar-refractivity contribution >= 4 is 23.5 Å². The largest absolute Gasteiger partial charge is 0.484 e. The minimum Gasteiger partial charge on any atom is -0.484 e. The first-order chi connectivity index (χ1) is 9.45. The van der Waals surface area contributed by atoms with E-state index < -0.39 is 5.82 Å². The molecule has 0 aliphatic heterocycles. The third kappa shape index (κ3) is 3.45. The molecule has 0 fully saturated rings. The second-order valence-electron chi connectivity index (χ2n) is 4.17. The van der Waals surface area contributed by atoms with Gasteiger partial charge in [-0.15, -0.1) is 0 Å². The van der Waals surface area contributed by atoms with Crippen LogP contribution in [-0.2, 0) is 6.61 Å². The highest BCUT2D eigenvalue weighted by Gasteiger charge is 2.08. The second kappa shape index (κ2) is 5.87. The zero-order valence-electron chi connectivity index (χ0n) is 11.0. The van der Waals surface area contributed by atoms with Crippen molar-refractivity contribution in [1.82, 2.24) is 15.0 Å². The maximum absolute atomic E-state index is 12.9. The SMILES string of the molecule is CN(C)c1nc(N)nc(COc2ccc(F)cc2Cl)n1. The Labute approximate surface area is 120 Å². The Morgan fingerprint density at radius 2 is 2.05 bits per heavy atom. The van der Waals surface area contributed by atoms with Gasteiger partial charge in [-0.05, 0) is 18.2 Å². The van der Waals surface area contributed by atoms with Crippen molar-refractivity contribution in [3.05, 3.63) is 34.9 Å². The van der Waals surface area contributed by atoms with E-state index in [1.807, 2.05) is 0 Å². The lowest BCUT2D eigenvalue weighted by Crippen LogP contribution is -2.16. The molecule has 1 heterocycles. The average molecular weight is 298 g/mol. The van der Waals surface area contributed by atoms with Gasteiger partial charge in [-0.25, -0.2) is 4.39 Å². The third-order valence-corrected chi connectivity index (χ3v) is 2.63. The van der Waals surface area contributed by atoms with E-state index in [9.17, 15) is 4.39 Å². The summed E-state index contributed by atoms with van der Waals surface area (Å²) in [6.45, 7) is 0.0545. The summed E-state index contributed by atoms with van der Waals surface area (Å²) in [5, 5.41) is 0.180. The summed E-state index contributed by atoms with van der Waals surface area (Å²) in [7, 11) is 3.58. The molecule has 0 radical (unpaired) electrons. The lowest BCUT2D eigenvalue weighted by molar-refractivity contribution is 0.295. The number of nitrogens with two attached hydrogens (primary N) is 1. The van der Waals surface area contributed by atoms with Crippen LogP contribution >= 0.6 is 11.6 Å². The molecule has 2 N–H and O–H groups in total. The smallest absolute Gasteiger partial charge is 0.230 e. The molecule has 2 aromatic rings. The predicted octanol–water partition coefficient (Wildman–Crippen LogP) is 1.89. The van der Waals surface area contributed by atoms with Gasteiger partial charge in [0, 0.05) is 14.1 Å². The number of benzene rings is 1. The van der Waals surface area contributed by atoms with Crippen LogP contribution in [0.2, 0.25) is 5.02 Å². The number of rotatable bonds is 4. The summed E-state index contributed by atoms with van der Waals surface area (Å²) < 4.78 is 18.4. The Kier molecular flexibility index (Phi) is 4.19. The molecule has 106 valence electrons. The maximum Gasteiger partial charge on any atom is 0.230 e. The summed E-state index contributed by atoms with van der Waals surface area (Å²) in [6, 6.07) is 3.87. The molecule has 8 heteroatoms. The van der Waals surface area contributed by atoms with E-state index in [1.165, 1.54) is 18.2 Å². The predicted molar refractivity (Wildman–Crippen MR) is 74.3 cm³/mol. The number of anilines is 2. The van der Waals surface area contributed by atoms with Gasteiger partial charge in [-0.3, -0.25) is 0 Å². The van der Waals surface area contributed by atoms with Crippen LogP contribution in [0, 0.1) is 5.82 Å². The number of hydrogen-bond acceptors (Lipinski definition) is 6. The van der Waals surface area contributed by atoms with Crippen LogP contribution in [0.3, 0.4) is 0 Å². The number of aromatic nitrogens is 3. The summed E-state index contributed by atoms with van der Waals surface area (Å²) in [5.41, 5.74) is 5.60. The molecule has 6 nitrogen and oxygen atoms in total. The number of hydrogen-bond donors (Lipinski definition) is 1. The van der Waals surface area contributed by atoms with Gasteiger partial charge < -0.3 is 15.4 Å². The molecule has 0 unspecified atom stereocenters. The molecule has 0 spiro atoms. The molecule has 2 rings (SSSR count). The molecule has 1 aromatic heterocycles. The Morgan fingerprint density at radius 1 is 1.30 bits per heavy atom. The highest BCUT2D eigenvalue weighted by atomic mass is 35.5. The fourth-order valence-corrected chi connectivity index (χ4v) is 1.65. The van der Waals surface area contributed by atoms with Crippen LogP contribution in [0.25, 0.3) is 0 Å². The number of nitrogens with zero attached hydrogens (tertiary/aromatic N) is 4. The molecule has 20 heavy (non-hydrogen) atoms. The van der Waals surface area contributed by atoms with Gasteiger partial charge in [-0.2, -0.15) is 15.0 Å². The van der Waals surface area contributed by atoms with Crippen molar-refractivity contribution in [2.24, 2.45) is 0 Å². The van der Waals surface area contributed by atoms with Crippen LogP contribution in [0.5, 0.6) is 5.75 Å². The first kappa shape index (κ1) is 14.3. The Morgan fingerprint density at radius 3 is 2.70 bits per heavy atom. The van der Waals surface area contributed by atoms with Crippen molar-refractivity contribution < 1.29 is 9.13 Å². The lowest BCUT2D eigenvalue weighted by atomic mass is 10.3. The molecular weight excluding hydrogens is 285 g/mol. The van der Waals surface area contributed by atoms with E-state index in [-0.39, 0.29) is 17.6 Å². The molecular formula is C12H13ClFN5O. The van der Waals surface area contributed by atoms with Gasteiger partial charge in [0.1, 0.15) is 18.2 Å². The van der Waals surface area contributed by atoms with Gasteiger partial charge in [-0.1, -0.05) is 11.6 Å². The van der Waals surface area contributed by atoms with Crippen LogP contribution < -0.4 is 15.4 Å². The number of ether oxygens (including phenoxy) is 1. The van der Waals surface area contributed by atoms with E-state index in [0.29, 0.717) is 17.5 Å². The van der Waals surface area contributed by atoms with Crippen molar-refractivity contribution in [1.29, 1.82) is 0 Å². The summed E-state index contributed by atoms with van der Waals surface area (Å²) in [5.74, 6) is 0.815. The topological polar surface area (TPSA) is 77.2 Å². The summed E-state index contributed by atoms with van der Waals surface area (Å²) in [6.07, 6.45) is 0. The van der Waals surface area contributed by atoms with Crippen molar-refractivity contribution in [2.75, 3.05) is 24.7 Å². The van der Waals surface area contributed by atoms with Crippen molar-refractivity contribution in [2.45, 2.75) is 6.61 Å². The zero-order chi connectivity index (χ0) is 14.7. The summed E-state index contributed by atoms with van der Waals surface area (Å²) >= 11 is 5.86. The fourth-order valence-electron chi connectivity index (χ4n) is 1.42. The highest BCUT2D eigenvalue weighted by Crippen LogP contribution is 2.25. The number of halogens is 2. The van der Waals surface area contributed by atoms with Crippen LogP contribution in [0.1, 0.15) is 5.82 Å². The van der Waals surface area contributed by atoms with Gasteiger partial charge in [0.15, 0.2) is 5.82 Å². The van der Waals surface area contributed by atoms with Gasteiger partial charge >= 0.3 is 0 Å². The van der Waals surface area contributed by atoms with E-state index >= 15 is 0 Å². The highest BCUT2D eigenvalue weighted by molar-refractivity contribution is 6.32. The Hall–Kier alpha value is -2.15. The minimum atomic E-state index is -0.429. The first-order valence-electron chi connectivity index (χ1n) is 5.71. The normalized spacial score (nSPS) is 10.4. The molecule has 1 aromatic carbocycles. The Balaban J connectivity index is 2.14. The van der Waals surface area contributed by atoms with E-state index in [4.69, 9.17) is 22.1 Å².